The molecule has 1 aromatic rings. The number of hydrogen-bond acceptors (Lipinski definition) is 5. The van der Waals surface area contributed by atoms with Crippen molar-refractivity contribution in [1.82, 2.24) is 4.90 Å². The number of carbonyl (C=O) groups excluding carboxylic acids is 2. The highest BCUT2D eigenvalue weighted by Gasteiger charge is 2.38. The van der Waals surface area contributed by atoms with Crippen LogP contribution in [0.2, 0.25) is 0 Å². The summed E-state index contributed by atoms with van der Waals surface area (Å²) in [6, 6.07) is 8.73. The Bertz CT molecular complexity index is 627. The second-order valence-corrected chi connectivity index (χ2v) is 5.96. The molecular formula is C18H22N2O4. The molecule has 0 saturated heterocycles. The van der Waals surface area contributed by atoms with E-state index in [1.54, 1.807) is 31.3 Å². The molecule has 0 unspecified atom stereocenters. The number of hydrogen-bond donors (Lipinski definition) is 0. The number of esters is 1. The van der Waals surface area contributed by atoms with Gasteiger partial charge in [0.2, 0.25) is 0 Å². The summed E-state index contributed by atoms with van der Waals surface area (Å²) in [6.07, 6.45) is 4.27. The molecular weight excluding hydrogens is 308 g/mol. The summed E-state index contributed by atoms with van der Waals surface area (Å²) in [5, 5.41) is 9.50. The van der Waals surface area contributed by atoms with Crippen molar-refractivity contribution >= 4 is 11.9 Å². The number of amides is 1. The number of benzene rings is 1. The third-order valence-electron chi connectivity index (χ3n) is 4.56. The van der Waals surface area contributed by atoms with E-state index in [0.29, 0.717) is 24.2 Å². The summed E-state index contributed by atoms with van der Waals surface area (Å²) in [4.78, 5) is 25.8. The number of carbonyl (C=O) groups is 2. The van der Waals surface area contributed by atoms with E-state index in [1.807, 2.05) is 0 Å². The van der Waals surface area contributed by atoms with Crippen molar-refractivity contribution in [2.75, 3.05) is 20.8 Å². The van der Waals surface area contributed by atoms with Crippen molar-refractivity contribution in [2.45, 2.75) is 37.6 Å². The van der Waals surface area contributed by atoms with Crippen LogP contribution in [0.15, 0.2) is 24.3 Å². The normalized spacial score (nSPS) is 15.9. The fourth-order valence-electron chi connectivity index (χ4n) is 2.93. The Morgan fingerprint density at radius 1 is 1.21 bits per heavy atom. The molecule has 1 aliphatic carbocycles. The molecule has 1 aromatic carbocycles. The fourth-order valence-corrected chi connectivity index (χ4v) is 2.93. The van der Waals surface area contributed by atoms with Gasteiger partial charge in [-0.05, 0) is 37.1 Å². The van der Waals surface area contributed by atoms with E-state index in [9.17, 15) is 14.9 Å². The molecule has 0 atom stereocenters. The maximum absolute atomic E-state index is 12.3. The van der Waals surface area contributed by atoms with Gasteiger partial charge in [0.1, 0.15) is 11.3 Å². The Hall–Kier alpha value is -2.55. The Balaban J connectivity index is 1.93. The molecule has 0 aromatic heterocycles. The highest BCUT2D eigenvalue weighted by molar-refractivity contribution is 5.91. The standard InChI is InChI=1S/C18H22N2O4/c1-20(18(13-19)10-4-3-5-11-18)16(21)12-24-17(22)14-6-8-15(23-2)9-7-14/h6-9H,3-5,10-12H2,1-2H3. The second-order valence-electron chi connectivity index (χ2n) is 5.96. The summed E-state index contributed by atoms with van der Waals surface area (Å²) in [6.45, 7) is -0.370. The van der Waals surface area contributed by atoms with Gasteiger partial charge in [-0.15, -0.1) is 0 Å². The summed E-state index contributed by atoms with van der Waals surface area (Å²) in [7, 11) is 3.15. The minimum Gasteiger partial charge on any atom is -0.497 e. The Morgan fingerprint density at radius 3 is 2.38 bits per heavy atom. The van der Waals surface area contributed by atoms with Crippen molar-refractivity contribution in [3.05, 3.63) is 29.8 Å². The average Bonchev–Trinajstić information content (AvgIpc) is 2.65. The van der Waals surface area contributed by atoms with Gasteiger partial charge in [-0.25, -0.2) is 4.79 Å². The van der Waals surface area contributed by atoms with Crippen molar-refractivity contribution < 1.29 is 19.1 Å². The summed E-state index contributed by atoms with van der Waals surface area (Å²) in [5.74, 6) is -0.301. The molecule has 128 valence electrons. The predicted octanol–water partition coefficient (Wildman–Crippen LogP) is 2.54. The zero-order valence-corrected chi connectivity index (χ0v) is 14.1. The van der Waals surface area contributed by atoms with Crippen LogP contribution in [0.25, 0.3) is 0 Å². The van der Waals surface area contributed by atoms with Gasteiger partial charge < -0.3 is 14.4 Å². The molecule has 0 bridgehead atoms. The molecule has 1 fully saturated rings. The van der Waals surface area contributed by atoms with Crippen LogP contribution in [-0.2, 0) is 9.53 Å². The minimum atomic E-state index is -0.776. The topological polar surface area (TPSA) is 79.6 Å². The number of nitrogens with zero attached hydrogens (tertiary/aromatic N) is 2. The first kappa shape index (κ1) is 17.8. The Labute approximate surface area is 142 Å². The summed E-state index contributed by atoms with van der Waals surface area (Å²) in [5.41, 5.74) is -0.430. The molecule has 24 heavy (non-hydrogen) atoms. The first-order valence-electron chi connectivity index (χ1n) is 8.01. The molecule has 2 rings (SSSR count). The molecule has 6 heteroatoms. The molecule has 0 N–H and O–H groups in total. The van der Waals surface area contributed by atoms with Crippen molar-refractivity contribution in [3.63, 3.8) is 0 Å². The van der Waals surface area contributed by atoms with E-state index in [-0.39, 0.29) is 12.5 Å². The van der Waals surface area contributed by atoms with E-state index in [2.05, 4.69) is 6.07 Å². The first-order valence-corrected chi connectivity index (χ1v) is 8.01. The fraction of sp³-hybridized carbons (Fsp3) is 0.500. The van der Waals surface area contributed by atoms with Crippen LogP contribution >= 0.6 is 0 Å². The third-order valence-corrected chi connectivity index (χ3v) is 4.56. The van der Waals surface area contributed by atoms with Gasteiger partial charge >= 0.3 is 5.97 Å². The molecule has 1 saturated carbocycles. The maximum atomic E-state index is 12.3. The number of nitriles is 1. The molecule has 0 aliphatic heterocycles. The monoisotopic (exact) mass is 330 g/mol. The quantitative estimate of drug-likeness (QED) is 0.775. The Kier molecular flexibility index (Phi) is 5.80. The zero-order chi connectivity index (χ0) is 17.6. The van der Waals surface area contributed by atoms with Crippen LogP contribution in [0.3, 0.4) is 0 Å². The highest BCUT2D eigenvalue weighted by atomic mass is 16.5. The highest BCUT2D eigenvalue weighted by Crippen LogP contribution is 2.32. The van der Waals surface area contributed by atoms with Crippen LogP contribution < -0.4 is 4.74 Å². The van der Waals surface area contributed by atoms with E-state index in [4.69, 9.17) is 9.47 Å². The Morgan fingerprint density at radius 2 is 1.83 bits per heavy atom. The SMILES string of the molecule is COc1ccc(C(=O)OCC(=O)N(C)C2(C#N)CCCCC2)cc1. The largest absolute Gasteiger partial charge is 0.497 e. The molecule has 0 spiro atoms. The summed E-state index contributed by atoms with van der Waals surface area (Å²) >= 11 is 0. The van der Waals surface area contributed by atoms with Gasteiger partial charge in [0, 0.05) is 7.05 Å². The van der Waals surface area contributed by atoms with Crippen molar-refractivity contribution in [1.29, 1.82) is 5.26 Å². The van der Waals surface area contributed by atoms with Crippen LogP contribution in [0.4, 0.5) is 0 Å². The third kappa shape index (κ3) is 3.85. The lowest BCUT2D eigenvalue weighted by molar-refractivity contribution is -0.138. The van der Waals surface area contributed by atoms with Gasteiger partial charge in [0.25, 0.3) is 5.91 Å². The van der Waals surface area contributed by atoms with Gasteiger partial charge in [-0.1, -0.05) is 19.3 Å². The molecule has 0 heterocycles. The first-order chi connectivity index (χ1) is 11.5. The summed E-state index contributed by atoms with van der Waals surface area (Å²) < 4.78 is 10.1. The lowest BCUT2D eigenvalue weighted by Crippen LogP contribution is -2.51. The van der Waals surface area contributed by atoms with Crippen molar-refractivity contribution in [3.8, 4) is 11.8 Å². The average molecular weight is 330 g/mol. The lowest BCUT2D eigenvalue weighted by atomic mass is 9.81. The minimum absolute atomic E-state index is 0.346. The van der Waals surface area contributed by atoms with E-state index in [0.717, 1.165) is 19.3 Å². The lowest BCUT2D eigenvalue weighted by Gasteiger charge is -2.38. The van der Waals surface area contributed by atoms with Crippen LogP contribution in [0.5, 0.6) is 5.75 Å². The smallest absolute Gasteiger partial charge is 0.338 e. The van der Waals surface area contributed by atoms with Crippen molar-refractivity contribution in [2.24, 2.45) is 0 Å². The van der Waals surface area contributed by atoms with E-state index < -0.39 is 11.5 Å². The molecule has 1 aliphatic rings. The molecule has 1 amide bonds. The van der Waals surface area contributed by atoms with Gasteiger partial charge in [0.05, 0.1) is 18.7 Å². The van der Waals surface area contributed by atoms with E-state index >= 15 is 0 Å². The number of ether oxygens (including phenoxy) is 2. The number of likely N-dealkylation sites (N-methyl/N-ethyl adjacent to an activating group) is 1. The van der Waals surface area contributed by atoms with Crippen LogP contribution in [-0.4, -0.2) is 43.1 Å². The number of methoxy groups -OCH3 is 1. The molecule has 0 radical (unpaired) electrons. The number of rotatable bonds is 5. The van der Waals surface area contributed by atoms with Crippen LogP contribution in [0.1, 0.15) is 42.5 Å². The zero-order valence-electron chi connectivity index (χ0n) is 14.1. The van der Waals surface area contributed by atoms with Crippen LogP contribution in [0, 0.1) is 11.3 Å². The van der Waals surface area contributed by atoms with Gasteiger partial charge in [-0.2, -0.15) is 5.26 Å². The van der Waals surface area contributed by atoms with Gasteiger partial charge in [-0.3, -0.25) is 4.79 Å². The second kappa shape index (κ2) is 7.82. The maximum Gasteiger partial charge on any atom is 0.338 e. The van der Waals surface area contributed by atoms with E-state index in [1.165, 1.54) is 12.0 Å². The molecule has 6 nitrogen and oxygen atoms in total. The predicted molar refractivity (Wildman–Crippen MR) is 87.5 cm³/mol. The van der Waals surface area contributed by atoms with Gasteiger partial charge in [0.15, 0.2) is 6.61 Å².